The van der Waals surface area contributed by atoms with Gasteiger partial charge in [0, 0.05) is 18.7 Å². The number of nitrogens with one attached hydrogen (secondary N) is 1. The van der Waals surface area contributed by atoms with Gasteiger partial charge in [0.1, 0.15) is 12.4 Å². The molecule has 0 bridgehead atoms. The van der Waals surface area contributed by atoms with Gasteiger partial charge in [-0.15, -0.1) is 0 Å². The van der Waals surface area contributed by atoms with Crippen LogP contribution >= 0.6 is 34.8 Å². The highest BCUT2D eigenvalue weighted by atomic mass is 35.5. The molecule has 2 nitrogen and oxygen atoms in total. The number of hydrogen-bond acceptors (Lipinski definition) is 2. The van der Waals surface area contributed by atoms with E-state index in [4.69, 9.17) is 39.5 Å². The van der Waals surface area contributed by atoms with Crippen LogP contribution in [-0.2, 0) is 0 Å². The van der Waals surface area contributed by atoms with E-state index in [9.17, 15) is 0 Å². The van der Waals surface area contributed by atoms with Crippen LogP contribution in [0.5, 0.6) is 5.75 Å². The summed E-state index contributed by atoms with van der Waals surface area (Å²) < 4.78 is 5.63. The van der Waals surface area contributed by atoms with Crippen molar-refractivity contribution in [3.8, 4) is 5.75 Å². The normalized spacial score (nSPS) is 16.6. The third kappa shape index (κ3) is 4.71. The van der Waals surface area contributed by atoms with Crippen molar-refractivity contribution >= 4 is 34.8 Å². The zero-order valence-electron chi connectivity index (χ0n) is 10.7. The average molecular weight is 323 g/mol. The average Bonchev–Trinajstić information content (AvgIpc) is 2.41. The molecule has 0 unspecified atom stereocenters. The van der Waals surface area contributed by atoms with E-state index in [-0.39, 0.29) is 0 Å². The summed E-state index contributed by atoms with van der Waals surface area (Å²) in [5, 5.41) is 4.91. The molecule has 1 aliphatic carbocycles. The lowest BCUT2D eigenvalue weighted by Gasteiger charge is -2.22. The third-order valence-corrected chi connectivity index (χ3v) is 4.39. The largest absolute Gasteiger partial charge is 0.491 e. The van der Waals surface area contributed by atoms with Gasteiger partial charge in [-0.2, -0.15) is 0 Å². The Hall–Kier alpha value is -0.150. The van der Waals surface area contributed by atoms with E-state index in [1.165, 1.54) is 32.1 Å². The molecule has 106 valence electrons. The van der Waals surface area contributed by atoms with Gasteiger partial charge in [-0.3, -0.25) is 0 Å². The van der Waals surface area contributed by atoms with E-state index in [2.05, 4.69) is 5.32 Å². The Kier molecular flexibility index (Phi) is 6.08. The molecule has 1 aromatic rings. The third-order valence-electron chi connectivity index (χ3n) is 3.37. The van der Waals surface area contributed by atoms with Crippen LogP contribution in [0.4, 0.5) is 0 Å². The number of benzene rings is 1. The molecule has 0 amide bonds. The molecule has 0 radical (unpaired) electrons. The molecule has 0 heterocycles. The molecule has 0 aromatic heterocycles. The van der Waals surface area contributed by atoms with Crippen molar-refractivity contribution in [2.75, 3.05) is 13.2 Å². The summed E-state index contributed by atoms with van der Waals surface area (Å²) in [6.45, 7) is 1.40. The van der Waals surface area contributed by atoms with Crippen LogP contribution in [-0.4, -0.2) is 19.2 Å². The van der Waals surface area contributed by atoms with Crippen LogP contribution in [0.1, 0.15) is 32.1 Å². The van der Waals surface area contributed by atoms with Crippen molar-refractivity contribution in [1.82, 2.24) is 5.32 Å². The zero-order valence-corrected chi connectivity index (χ0v) is 13.0. The predicted molar refractivity (Wildman–Crippen MR) is 81.8 cm³/mol. The van der Waals surface area contributed by atoms with E-state index in [1.54, 1.807) is 12.1 Å². The van der Waals surface area contributed by atoms with Crippen LogP contribution < -0.4 is 10.1 Å². The molecule has 1 aromatic carbocycles. The van der Waals surface area contributed by atoms with Gasteiger partial charge in [-0.25, -0.2) is 0 Å². The summed E-state index contributed by atoms with van der Waals surface area (Å²) in [4.78, 5) is 0. The molecular weight excluding hydrogens is 305 g/mol. The zero-order chi connectivity index (χ0) is 13.7. The summed E-state index contributed by atoms with van der Waals surface area (Å²) in [7, 11) is 0. The molecule has 1 N–H and O–H groups in total. The minimum atomic E-state index is 0.444. The first-order chi connectivity index (χ1) is 9.16. The standard InChI is InChI=1S/C14H18Cl3NO/c15-11-8-13(17)14(9-12(11)16)19-7-6-18-10-4-2-1-3-5-10/h8-10,18H,1-7H2. The van der Waals surface area contributed by atoms with Gasteiger partial charge in [-0.05, 0) is 18.9 Å². The maximum absolute atomic E-state index is 6.04. The maximum Gasteiger partial charge on any atom is 0.139 e. The van der Waals surface area contributed by atoms with Crippen LogP contribution in [0.2, 0.25) is 15.1 Å². The topological polar surface area (TPSA) is 21.3 Å². The Morgan fingerprint density at radius 3 is 2.42 bits per heavy atom. The van der Waals surface area contributed by atoms with Gasteiger partial charge in [0.05, 0.1) is 15.1 Å². The number of hydrogen-bond donors (Lipinski definition) is 1. The maximum atomic E-state index is 6.04. The van der Waals surface area contributed by atoms with Crippen molar-refractivity contribution in [2.45, 2.75) is 38.1 Å². The second-order valence-electron chi connectivity index (χ2n) is 4.83. The molecule has 1 saturated carbocycles. The Morgan fingerprint density at radius 2 is 1.68 bits per heavy atom. The Bertz CT molecular complexity index is 419. The molecule has 1 fully saturated rings. The number of ether oxygens (including phenoxy) is 1. The second kappa shape index (κ2) is 7.58. The first kappa shape index (κ1) is 15.2. The lowest BCUT2D eigenvalue weighted by atomic mass is 9.96. The summed E-state index contributed by atoms with van der Waals surface area (Å²) in [6, 6.07) is 3.91. The SMILES string of the molecule is Clc1cc(Cl)c(OCCNC2CCCCC2)cc1Cl. The van der Waals surface area contributed by atoms with Crippen LogP contribution in [0.15, 0.2) is 12.1 Å². The fourth-order valence-electron chi connectivity index (χ4n) is 2.35. The highest BCUT2D eigenvalue weighted by Crippen LogP contribution is 2.33. The van der Waals surface area contributed by atoms with Crippen molar-refractivity contribution in [3.63, 3.8) is 0 Å². The van der Waals surface area contributed by atoms with Crippen molar-refractivity contribution in [1.29, 1.82) is 0 Å². The summed E-state index contributed by atoms with van der Waals surface area (Å²) in [5.41, 5.74) is 0. The summed E-state index contributed by atoms with van der Waals surface area (Å²) in [6.07, 6.45) is 6.57. The smallest absolute Gasteiger partial charge is 0.139 e. The fourth-order valence-corrected chi connectivity index (χ4v) is 2.94. The second-order valence-corrected chi connectivity index (χ2v) is 6.06. The molecule has 1 aliphatic rings. The van der Waals surface area contributed by atoms with E-state index in [1.807, 2.05) is 0 Å². The summed E-state index contributed by atoms with van der Waals surface area (Å²) >= 11 is 17.8. The van der Waals surface area contributed by atoms with Gasteiger partial charge < -0.3 is 10.1 Å². The summed E-state index contributed by atoms with van der Waals surface area (Å²) in [5.74, 6) is 0.585. The molecule has 5 heteroatoms. The van der Waals surface area contributed by atoms with Crippen molar-refractivity contribution < 1.29 is 4.74 Å². The minimum Gasteiger partial charge on any atom is -0.491 e. The number of halogens is 3. The van der Waals surface area contributed by atoms with Gasteiger partial charge in [0.2, 0.25) is 0 Å². The monoisotopic (exact) mass is 321 g/mol. The highest BCUT2D eigenvalue weighted by molar-refractivity contribution is 6.43. The van der Waals surface area contributed by atoms with Crippen molar-refractivity contribution in [2.24, 2.45) is 0 Å². The molecule has 2 rings (SSSR count). The quantitative estimate of drug-likeness (QED) is 0.612. The predicted octanol–water partition coefficient (Wildman–Crippen LogP) is 4.95. The van der Waals surface area contributed by atoms with E-state index >= 15 is 0 Å². The Labute approximate surface area is 129 Å². The molecule has 0 saturated heterocycles. The van der Waals surface area contributed by atoms with Gasteiger partial charge in [0.15, 0.2) is 0 Å². The fraction of sp³-hybridized carbons (Fsp3) is 0.571. The van der Waals surface area contributed by atoms with E-state index in [0.29, 0.717) is 33.5 Å². The minimum absolute atomic E-state index is 0.444. The van der Waals surface area contributed by atoms with Crippen molar-refractivity contribution in [3.05, 3.63) is 27.2 Å². The molecule has 0 aliphatic heterocycles. The van der Waals surface area contributed by atoms with Gasteiger partial charge in [-0.1, -0.05) is 54.1 Å². The Morgan fingerprint density at radius 1 is 1.00 bits per heavy atom. The molecule has 0 spiro atoms. The van der Waals surface area contributed by atoms with Crippen LogP contribution in [0, 0.1) is 0 Å². The molecule has 0 atom stereocenters. The lowest BCUT2D eigenvalue weighted by Crippen LogP contribution is -2.34. The first-order valence-corrected chi connectivity index (χ1v) is 7.81. The van der Waals surface area contributed by atoms with E-state index < -0.39 is 0 Å². The lowest BCUT2D eigenvalue weighted by molar-refractivity contribution is 0.289. The highest BCUT2D eigenvalue weighted by Gasteiger charge is 2.12. The number of rotatable bonds is 5. The van der Waals surface area contributed by atoms with Gasteiger partial charge >= 0.3 is 0 Å². The first-order valence-electron chi connectivity index (χ1n) is 6.67. The van der Waals surface area contributed by atoms with Crippen LogP contribution in [0.25, 0.3) is 0 Å². The molecular formula is C14H18Cl3NO. The van der Waals surface area contributed by atoms with Crippen LogP contribution in [0.3, 0.4) is 0 Å². The Balaban J connectivity index is 1.74. The van der Waals surface area contributed by atoms with Gasteiger partial charge in [0.25, 0.3) is 0 Å². The van der Waals surface area contributed by atoms with E-state index in [0.717, 1.165) is 6.54 Å². The molecule has 19 heavy (non-hydrogen) atoms.